The molecule has 0 aromatic rings. The second-order valence-corrected chi connectivity index (χ2v) is 5.00. The number of aliphatic hydroxyl groups excluding tert-OH is 1. The first kappa shape index (κ1) is 12.3. The van der Waals surface area contributed by atoms with Crippen LogP contribution >= 0.6 is 0 Å². The molecule has 10 nitrogen and oxygen atoms in total. The first-order valence-corrected chi connectivity index (χ1v) is 5.88. The van der Waals surface area contributed by atoms with Gasteiger partial charge in [0, 0.05) is 6.42 Å². The molecular weight excluding hydrogens is 256 g/mol. The molecule has 0 aromatic carbocycles. The normalized spacial score (nSPS) is 39.7. The number of nitrogens with zero attached hydrogens (tertiary/aromatic N) is 3. The molecule has 3 aliphatic rings. The van der Waals surface area contributed by atoms with Crippen molar-refractivity contribution in [2.24, 2.45) is 16.5 Å². The molecule has 3 rings (SSSR count). The van der Waals surface area contributed by atoms with Gasteiger partial charge in [0.1, 0.15) is 6.04 Å². The molecule has 0 saturated carbocycles. The average molecular weight is 272 g/mol. The molecule has 3 heterocycles. The van der Waals surface area contributed by atoms with Crippen molar-refractivity contribution in [1.82, 2.24) is 10.2 Å². The van der Waals surface area contributed by atoms with Crippen molar-refractivity contribution in [3.8, 4) is 0 Å². The van der Waals surface area contributed by atoms with Crippen molar-refractivity contribution < 1.29 is 20.1 Å². The third-order valence-electron chi connectivity index (χ3n) is 4.10. The highest BCUT2D eigenvalue weighted by Crippen LogP contribution is 2.43. The van der Waals surface area contributed by atoms with E-state index < -0.39 is 30.1 Å². The Morgan fingerprint density at radius 1 is 1.53 bits per heavy atom. The lowest BCUT2D eigenvalue weighted by Crippen LogP contribution is -2.79. The van der Waals surface area contributed by atoms with E-state index in [1.54, 1.807) is 0 Å². The molecule has 0 unspecified atom stereocenters. The van der Waals surface area contributed by atoms with E-state index in [1.165, 1.54) is 4.90 Å². The largest absolute Gasteiger partial charge is 0.744 e. The molecule has 8 N–H and O–H groups in total. The molecule has 0 bridgehead atoms. The zero-order valence-electron chi connectivity index (χ0n) is 10.0. The van der Waals surface area contributed by atoms with Crippen LogP contribution < -0.4 is 16.8 Å². The van der Waals surface area contributed by atoms with Gasteiger partial charge in [-0.05, 0) is 0 Å². The minimum Gasteiger partial charge on any atom is -0.744 e. The SMILES string of the molecule is NC1=N[C@H]2[C@H](CO)[N+]([O-])=C(N)N3CCC(O)(O)[C@]23N1. The summed E-state index contributed by atoms with van der Waals surface area (Å²) in [7, 11) is 0. The van der Waals surface area contributed by atoms with Gasteiger partial charge in [-0.2, -0.15) is 0 Å². The Kier molecular flexibility index (Phi) is 2.20. The molecule has 3 atom stereocenters. The molecule has 1 saturated heterocycles. The van der Waals surface area contributed by atoms with Gasteiger partial charge in [-0.15, -0.1) is 0 Å². The smallest absolute Gasteiger partial charge is 0.348 e. The van der Waals surface area contributed by atoms with Crippen LogP contribution in [0.4, 0.5) is 0 Å². The summed E-state index contributed by atoms with van der Waals surface area (Å²) in [6.07, 6.45) is -0.0218. The zero-order chi connectivity index (χ0) is 14.0. The van der Waals surface area contributed by atoms with Crippen molar-refractivity contribution >= 4 is 11.9 Å². The number of nitrogens with one attached hydrogen (secondary N) is 1. The van der Waals surface area contributed by atoms with Crippen molar-refractivity contribution in [1.29, 1.82) is 0 Å². The Hall–Kier alpha value is -1.78. The van der Waals surface area contributed by atoms with Gasteiger partial charge < -0.3 is 31.6 Å². The molecule has 0 amide bonds. The van der Waals surface area contributed by atoms with Crippen LogP contribution in [0, 0.1) is 5.21 Å². The fourth-order valence-electron chi connectivity index (χ4n) is 3.21. The lowest BCUT2D eigenvalue weighted by Gasteiger charge is -2.47. The highest BCUT2D eigenvalue weighted by atomic mass is 16.5. The molecule has 19 heavy (non-hydrogen) atoms. The highest BCUT2D eigenvalue weighted by Gasteiger charge is 2.73. The molecule has 0 radical (unpaired) electrons. The van der Waals surface area contributed by atoms with Crippen LogP contribution in [0.1, 0.15) is 6.42 Å². The number of guanidine groups is 2. The minimum absolute atomic E-state index is 0.0218. The number of aliphatic hydroxyl groups is 3. The molecule has 0 aliphatic carbocycles. The third-order valence-corrected chi connectivity index (χ3v) is 4.10. The van der Waals surface area contributed by atoms with Gasteiger partial charge >= 0.3 is 5.96 Å². The van der Waals surface area contributed by atoms with Crippen LogP contribution in [0.25, 0.3) is 0 Å². The average Bonchev–Trinajstić information content (AvgIpc) is 2.80. The fourth-order valence-corrected chi connectivity index (χ4v) is 3.21. The molecule has 1 spiro atoms. The maximum absolute atomic E-state index is 12.0. The van der Waals surface area contributed by atoms with E-state index in [0.717, 1.165) is 0 Å². The van der Waals surface area contributed by atoms with Crippen LogP contribution in [0.2, 0.25) is 0 Å². The number of hydrogen-bond acceptors (Lipinski definition) is 9. The number of nitrogens with two attached hydrogens (primary N) is 2. The Morgan fingerprint density at radius 2 is 2.21 bits per heavy atom. The molecule has 0 aromatic heterocycles. The van der Waals surface area contributed by atoms with Crippen LogP contribution in [0.3, 0.4) is 0 Å². The predicted molar refractivity (Wildman–Crippen MR) is 63.5 cm³/mol. The summed E-state index contributed by atoms with van der Waals surface area (Å²) in [6.45, 7) is -0.360. The maximum Gasteiger partial charge on any atom is 0.348 e. The monoisotopic (exact) mass is 272 g/mol. The molecule has 10 heteroatoms. The van der Waals surface area contributed by atoms with E-state index in [1.807, 2.05) is 0 Å². The second kappa shape index (κ2) is 3.40. The Morgan fingerprint density at radius 3 is 2.84 bits per heavy atom. The van der Waals surface area contributed by atoms with Gasteiger partial charge in [-0.25, -0.2) is 9.89 Å². The fraction of sp³-hybridized carbons (Fsp3) is 0.778. The van der Waals surface area contributed by atoms with E-state index in [0.29, 0.717) is 4.74 Å². The lowest BCUT2D eigenvalue weighted by molar-refractivity contribution is -0.529. The van der Waals surface area contributed by atoms with Gasteiger partial charge in [0.25, 0.3) is 0 Å². The number of aliphatic imine (C=N–C) groups is 1. The van der Waals surface area contributed by atoms with Crippen LogP contribution in [0.5, 0.6) is 0 Å². The zero-order valence-corrected chi connectivity index (χ0v) is 10.0. The Bertz CT molecular complexity index is 491. The van der Waals surface area contributed by atoms with E-state index in [9.17, 15) is 20.5 Å². The van der Waals surface area contributed by atoms with Crippen LogP contribution in [0.15, 0.2) is 4.99 Å². The van der Waals surface area contributed by atoms with Crippen molar-refractivity contribution in [2.45, 2.75) is 30.0 Å². The lowest BCUT2D eigenvalue weighted by atomic mass is 9.86. The highest BCUT2D eigenvalue weighted by molar-refractivity contribution is 5.85. The molecule has 1 fully saturated rings. The van der Waals surface area contributed by atoms with E-state index in [2.05, 4.69) is 10.3 Å². The standard InChI is InChI=1S/C9H16N6O4/c10-6-12-5-4(3-16)15(19)7(11)14-2-1-8(17,18)9(5,14)13-6/h4-5,16-18H,1-3,11H2,(H3,10,12,13)/t4-,5-,9-/m0/s1. The van der Waals surface area contributed by atoms with Gasteiger partial charge in [-0.3, -0.25) is 10.5 Å². The molecule has 3 aliphatic heterocycles. The van der Waals surface area contributed by atoms with Crippen molar-refractivity contribution in [3.05, 3.63) is 5.21 Å². The summed E-state index contributed by atoms with van der Waals surface area (Å²) in [5.41, 5.74) is 9.85. The first-order valence-electron chi connectivity index (χ1n) is 5.88. The second-order valence-electron chi connectivity index (χ2n) is 5.00. The Labute approximate surface area is 108 Å². The summed E-state index contributed by atoms with van der Waals surface area (Å²) < 4.78 is 0.439. The number of hydroxylamine groups is 1. The van der Waals surface area contributed by atoms with Gasteiger partial charge in [-0.1, -0.05) is 0 Å². The van der Waals surface area contributed by atoms with E-state index in [4.69, 9.17) is 11.5 Å². The Balaban J connectivity index is 2.20. The van der Waals surface area contributed by atoms with Crippen LogP contribution in [-0.4, -0.2) is 73.6 Å². The summed E-state index contributed by atoms with van der Waals surface area (Å²) in [6, 6.07) is -1.96. The minimum atomic E-state index is -2.17. The molecular formula is C9H16N6O4. The number of rotatable bonds is 1. The quantitative estimate of drug-likeness (QED) is 0.158. The summed E-state index contributed by atoms with van der Waals surface area (Å²) in [5.74, 6) is -2.38. The maximum atomic E-state index is 12.0. The van der Waals surface area contributed by atoms with Crippen molar-refractivity contribution in [3.63, 3.8) is 0 Å². The van der Waals surface area contributed by atoms with E-state index in [-0.39, 0.29) is 24.9 Å². The van der Waals surface area contributed by atoms with Gasteiger partial charge in [0.2, 0.25) is 11.4 Å². The number of hydrogen-bond donors (Lipinski definition) is 6. The predicted octanol–water partition coefficient (Wildman–Crippen LogP) is -4.44. The van der Waals surface area contributed by atoms with Gasteiger partial charge in [0.05, 0.1) is 13.2 Å². The van der Waals surface area contributed by atoms with E-state index >= 15 is 0 Å². The van der Waals surface area contributed by atoms with Crippen LogP contribution in [-0.2, 0) is 0 Å². The molecule has 106 valence electrons. The first-order chi connectivity index (χ1) is 8.85. The summed E-state index contributed by atoms with van der Waals surface area (Å²) >= 11 is 0. The van der Waals surface area contributed by atoms with Crippen molar-refractivity contribution in [2.75, 3.05) is 13.2 Å². The third kappa shape index (κ3) is 1.20. The summed E-state index contributed by atoms with van der Waals surface area (Å²) in [5, 5.41) is 44.6. The van der Waals surface area contributed by atoms with Gasteiger partial charge in [0.15, 0.2) is 12.0 Å². The summed E-state index contributed by atoms with van der Waals surface area (Å²) in [4.78, 5) is 5.38. The topological polar surface area (TPSA) is 166 Å².